The molecule has 0 heterocycles. The number of carbonyl (C=O) groups is 1. The lowest BCUT2D eigenvalue weighted by molar-refractivity contribution is -0.870. The molecule has 4 heteroatoms. The standard InChI is InChI=1S/C6H10O2.C5H14NO/c1-2-3-4-5-6(7)8;1-6(2,3)4-5-7/h4-5H,2-3H2,1H3,(H,7,8);7H,4-5H2,1-3H3/q;+1/p-1. The minimum Gasteiger partial charge on any atom is -0.545 e. The van der Waals surface area contributed by atoms with Gasteiger partial charge in [0.15, 0.2) is 0 Å². The van der Waals surface area contributed by atoms with Crippen molar-refractivity contribution in [2.45, 2.75) is 19.8 Å². The summed E-state index contributed by atoms with van der Waals surface area (Å²) in [6, 6.07) is 0. The molecule has 0 rings (SSSR count). The van der Waals surface area contributed by atoms with Crippen molar-refractivity contribution >= 4 is 5.97 Å². The summed E-state index contributed by atoms with van der Waals surface area (Å²) in [5.41, 5.74) is 0. The van der Waals surface area contributed by atoms with E-state index in [1.54, 1.807) is 6.08 Å². The van der Waals surface area contributed by atoms with Crippen molar-refractivity contribution in [1.29, 1.82) is 0 Å². The highest BCUT2D eigenvalue weighted by atomic mass is 16.4. The number of quaternary nitrogens is 1. The lowest BCUT2D eigenvalue weighted by Gasteiger charge is -2.21. The van der Waals surface area contributed by atoms with Gasteiger partial charge in [-0.2, -0.15) is 0 Å². The van der Waals surface area contributed by atoms with Gasteiger partial charge in [-0.3, -0.25) is 0 Å². The Morgan fingerprint density at radius 1 is 1.40 bits per heavy atom. The van der Waals surface area contributed by atoms with E-state index in [1.807, 2.05) is 6.92 Å². The van der Waals surface area contributed by atoms with Crippen LogP contribution in [0.15, 0.2) is 12.2 Å². The van der Waals surface area contributed by atoms with Gasteiger partial charge in [-0.15, -0.1) is 0 Å². The van der Waals surface area contributed by atoms with E-state index in [9.17, 15) is 9.90 Å². The summed E-state index contributed by atoms with van der Waals surface area (Å²) in [4.78, 5) is 9.68. The van der Waals surface area contributed by atoms with E-state index in [4.69, 9.17) is 5.11 Å². The van der Waals surface area contributed by atoms with Crippen molar-refractivity contribution in [1.82, 2.24) is 0 Å². The van der Waals surface area contributed by atoms with Gasteiger partial charge in [-0.1, -0.05) is 19.4 Å². The number of carboxylic acid groups (broad SMARTS) is 1. The first-order chi connectivity index (χ1) is 6.83. The summed E-state index contributed by atoms with van der Waals surface area (Å²) in [6.45, 7) is 3.10. The number of hydrogen-bond donors (Lipinski definition) is 1. The van der Waals surface area contributed by atoms with Gasteiger partial charge in [-0.05, 0) is 12.5 Å². The third-order valence-corrected chi connectivity index (χ3v) is 1.48. The Balaban J connectivity index is 0. The number of aliphatic hydroxyl groups excluding tert-OH is 1. The molecule has 0 atom stereocenters. The molecule has 0 saturated carbocycles. The minimum atomic E-state index is -1.11. The number of carbonyl (C=O) groups excluding carboxylic acids is 1. The highest BCUT2D eigenvalue weighted by Crippen LogP contribution is 1.86. The molecule has 0 bridgehead atoms. The third-order valence-electron chi connectivity index (χ3n) is 1.48. The quantitative estimate of drug-likeness (QED) is 0.511. The zero-order valence-electron chi connectivity index (χ0n) is 10.2. The van der Waals surface area contributed by atoms with Crippen LogP contribution in [-0.2, 0) is 4.79 Å². The maximum absolute atomic E-state index is 9.68. The molecule has 0 aromatic carbocycles. The Bertz CT molecular complexity index is 183. The summed E-state index contributed by atoms with van der Waals surface area (Å²) in [5.74, 6) is -1.11. The fourth-order valence-corrected chi connectivity index (χ4v) is 0.646. The first kappa shape index (κ1) is 16.6. The molecule has 0 aliphatic rings. The Labute approximate surface area is 92.4 Å². The molecule has 0 aliphatic heterocycles. The zero-order valence-corrected chi connectivity index (χ0v) is 10.2. The fraction of sp³-hybridized carbons (Fsp3) is 0.727. The number of nitrogens with zero attached hydrogens (tertiary/aromatic N) is 1. The predicted octanol–water partition coefficient (Wildman–Crippen LogP) is -0.222. The maximum atomic E-state index is 9.68. The van der Waals surface area contributed by atoms with Crippen LogP contribution in [0, 0.1) is 0 Å². The molecule has 0 radical (unpaired) electrons. The van der Waals surface area contributed by atoms with Crippen LogP contribution in [0.4, 0.5) is 0 Å². The topological polar surface area (TPSA) is 60.4 Å². The maximum Gasteiger partial charge on any atom is 0.101 e. The van der Waals surface area contributed by atoms with E-state index in [2.05, 4.69) is 21.1 Å². The van der Waals surface area contributed by atoms with Crippen LogP contribution in [0.3, 0.4) is 0 Å². The van der Waals surface area contributed by atoms with Crippen LogP contribution in [0.2, 0.25) is 0 Å². The van der Waals surface area contributed by atoms with Gasteiger partial charge in [-0.25, -0.2) is 0 Å². The van der Waals surface area contributed by atoms with E-state index in [0.29, 0.717) is 0 Å². The van der Waals surface area contributed by atoms with Crippen LogP contribution >= 0.6 is 0 Å². The number of aliphatic carboxylic acids is 1. The van der Waals surface area contributed by atoms with Gasteiger partial charge in [0.1, 0.15) is 6.54 Å². The second-order valence-corrected chi connectivity index (χ2v) is 4.25. The number of likely N-dealkylation sites (N-methyl/N-ethyl adjacent to an activating group) is 1. The Morgan fingerprint density at radius 2 is 1.93 bits per heavy atom. The fourth-order valence-electron chi connectivity index (χ4n) is 0.646. The molecule has 0 spiro atoms. The average Bonchev–Trinajstić information content (AvgIpc) is 2.02. The Kier molecular flexibility index (Phi) is 10.7. The molecular formula is C11H23NO3. The zero-order chi connectivity index (χ0) is 12.3. The van der Waals surface area contributed by atoms with Crippen molar-refractivity contribution in [3.63, 3.8) is 0 Å². The molecule has 0 fully saturated rings. The molecule has 0 aliphatic carbocycles. The largest absolute Gasteiger partial charge is 0.545 e. The molecular weight excluding hydrogens is 194 g/mol. The second kappa shape index (κ2) is 9.68. The van der Waals surface area contributed by atoms with E-state index in [-0.39, 0.29) is 6.61 Å². The summed E-state index contributed by atoms with van der Waals surface area (Å²) in [6.07, 6.45) is 4.44. The molecule has 0 amide bonds. The van der Waals surface area contributed by atoms with E-state index in [0.717, 1.165) is 29.9 Å². The monoisotopic (exact) mass is 217 g/mol. The molecule has 0 aromatic heterocycles. The van der Waals surface area contributed by atoms with Crippen molar-refractivity contribution < 1.29 is 19.5 Å². The molecule has 0 saturated heterocycles. The lowest BCUT2D eigenvalue weighted by atomic mass is 10.3. The average molecular weight is 217 g/mol. The number of rotatable bonds is 5. The van der Waals surface area contributed by atoms with Crippen molar-refractivity contribution in [2.75, 3.05) is 34.3 Å². The highest BCUT2D eigenvalue weighted by molar-refractivity contribution is 5.77. The van der Waals surface area contributed by atoms with Crippen LogP contribution in [-0.4, -0.2) is 49.9 Å². The highest BCUT2D eigenvalue weighted by Gasteiger charge is 2.02. The smallest absolute Gasteiger partial charge is 0.101 e. The predicted molar refractivity (Wildman–Crippen MR) is 59.0 cm³/mol. The SMILES string of the molecule is CCCC=CC(=O)[O-].C[N+](C)(C)CCO. The Hall–Kier alpha value is -0.870. The minimum absolute atomic E-state index is 0.281. The van der Waals surface area contributed by atoms with Gasteiger partial charge in [0, 0.05) is 0 Å². The molecule has 15 heavy (non-hydrogen) atoms. The van der Waals surface area contributed by atoms with Gasteiger partial charge in [0.05, 0.1) is 33.7 Å². The van der Waals surface area contributed by atoms with Crippen LogP contribution < -0.4 is 5.11 Å². The molecule has 0 unspecified atom stereocenters. The van der Waals surface area contributed by atoms with E-state index < -0.39 is 5.97 Å². The number of aliphatic hydroxyl groups is 1. The van der Waals surface area contributed by atoms with Crippen LogP contribution in [0.5, 0.6) is 0 Å². The normalized spacial score (nSPS) is 11.0. The summed E-state index contributed by atoms with van der Waals surface area (Å²) in [5, 5.41) is 18.1. The van der Waals surface area contributed by atoms with Gasteiger partial charge in [0.2, 0.25) is 0 Å². The second-order valence-electron chi connectivity index (χ2n) is 4.25. The van der Waals surface area contributed by atoms with Gasteiger partial charge >= 0.3 is 0 Å². The van der Waals surface area contributed by atoms with Crippen molar-refractivity contribution in [3.8, 4) is 0 Å². The Morgan fingerprint density at radius 3 is 2.13 bits per heavy atom. The van der Waals surface area contributed by atoms with Crippen LogP contribution in [0.25, 0.3) is 0 Å². The van der Waals surface area contributed by atoms with Crippen LogP contribution in [0.1, 0.15) is 19.8 Å². The first-order valence-corrected chi connectivity index (χ1v) is 5.12. The van der Waals surface area contributed by atoms with E-state index in [1.165, 1.54) is 0 Å². The third kappa shape index (κ3) is 24.6. The summed E-state index contributed by atoms with van der Waals surface area (Å²) >= 11 is 0. The first-order valence-electron chi connectivity index (χ1n) is 5.12. The lowest BCUT2D eigenvalue weighted by Crippen LogP contribution is -2.36. The van der Waals surface area contributed by atoms with E-state index >= 15 is 0 Å². The molecule has 0 aromatic rings. The number of hydrogen-bond acceptors (Lipinski definition) is 3. The van der Waals surface area contributed by atoms with Gasteiger partial charge in [0.25, 0.3) is 0 Å². The molecule has 90 valence electrons. The molecule has 4 nitrogen and oxygen atoms in total. The van der Waals surface area contributed by atoms with Crippen molar-refractivity contribution in [3.05, 3.63) is 12.2 Å². The number of allylic oxidation sites excluding steroid dienone is 1. The van der Waals surface area contributed by atoms with Gasteiger partial charge < -0.3 is 19.5 Å². The molecule has 1 N–H and O–H groups in total. The number of unbranched alkanes of at least 4 members (excludes halogenated alkanes) is 1. The van der Waals surface area contributed by atoms with Crippen molar-refractivity contribution in [2.24, 2.45) is 0 Å². The summed E-state index contributed by atoms with van der Waals surface area (Å²) < 4.78 is 0.844. The summed E-state index contributed by atoms with van der Waals surface area (Å²) in [7, 11) is 6.16. The number of carboxylic acids is 1.